The fourth-order valence-electron chi connectivity index (χ4n) is 2.36. The third-order valence-electron chi connectivity index (χ3n) is 3.51. The van der Waals surface area contributed by atoms with Crippen LogP contribution >= 0.6 is 22.9 Å². The summed E-state index contributed by atoms with van der Waals surface area (Å²) in [6.07, 6.45) is 3.27. The summed E-state index contributed by atoms with van der Waals surface area (Å²) < 4.78 is 0. The van der Waals surface area contributed by atoms with Gasteiger partial charge in [0.25, 0.3) is 5.91 Å². The molecule has 1 atom stereocenters. The number of benzene rings is 1. The second-order valence-corrected chi connectivity index (χ2v) is 6.72. The lowest BCUT2D eigenvalue weighted by molar-refractivity contribution is 0.102. The van der Waals surface area contributed by atoms with E-state index in [-0.39, 0.29) is 5.91 Å². The van der Waals surface area contributed by atoms with Crippen molar-refractivity contribution in [3.63, 3.8) is 0 Å². The lowest BCUT2D eigenvalue weighted by Gasteiger charge is -2.15. The number of carbonyl (C=O) groups excluding carboxylic acids is 1. The molecule has 20 heavy (non-hydrogen) atoms. The zero-order chi connectivity index (χ0) is 14.1. The van der Waals surface area contributed by atoms with Crippen molar-refractivity contribution in [2.75, 3.05) is 5.32 Å². The average Bonchev–Trinajstić information content (AvgIpc) is 2.80. The molecule has 0 aliphatic heterocycles. The Balaban J connectivity index is 1.75. The summed E-state index contributed by atoms with van der Waals surface area (Å²) in [7, 11) is 0. The predicted octanol–water partition coefficient (Wildman–Crippen LogP) is 4.17. The molecule has 3 rings (SSSR count). The van der Waals surface area contributed by atoms with Crippen LogP contribution in [0.15, 0.2) is 24.3 Å². The average molecular weight is 307 g/mol. The number of nitrogens with one attached hydrogen (secondary N) is 1. The standard InChI is InChI=1S/C15H15ClN2OS/c1-9-2-7-12-13(8-9)20-15(17-12)18-14(19)10-3-5-11(16)6-4-10/h3-6,9H,2,7-8H2,1H3,(H,17,18,19)/t9-/m0/s1. The Hall–Kier alpha value is -1.39. The third-order valence-corrected chi connectivity index (χ3v) is 4.80. The Labute approximate surface area is 127 Å². The second-order valence-electron chi connectivity index (χ2n) is 5.20. The van der Waals surface area contributed by atoms with Crippen LogP contribution in [0, 0.1) is 5.92 Å². The van der Waals surface area contributed by atoms with Crippen molar-refractivity contribution in [2.24, 2.45) is 5.92 Å². The van der Waals surface area contributed by atoms with Gasteiger partial charge < -0.3 is 0 Å². The van der Waals surface area contributed by atoms with Gasteiger partial charge in [0.15, 0.2) is 5.13 Å². The molecule has 1 aliphatic carbocycles. The second kappa shape index (κ2) is 5.54. The molecule has 1 heterocycles. The summed E-state index contributed by atoms with van der Waals surface area (Å²) in [6, 6.07) is 6.86. The SMILES string of the molecule is C[C@H]1CCc2nc(NC(=O)c3ccc(Cl)cc3)sc2C1. The smallest absolute Gasteiger partial charge is 0.257 e. The molecule has 3 nitrogen and oxygen atoms in total. The summed E-state index contributed by atoms with van der Waals surface area (Å²) in [5.41, 5.74) is 1.75. The Morgan fingerprint density at radius 3 is 2.90 bits per heavy atom. The summed E-state index contributed by atoms with van der Waals surface area (Å²) in [5, 5.41) is 4.20. The van der Waals surface area contributed by atoms with Crippen LogP contribution in [0.2, 0.25) is 5.02 Å². The first-order valence-corrected chi connectivity index (χ1v) is 7.87. The maximum absolute atomic E-state index is 12.1. The monoisotopic (exact) mass is 306 g/mol. The van der Waals surface area contributed by atoms with E-state index in [1.165, 1.54) is 11.3 Å². The number of nitrogens with zero attached hydrogens (tertiary/aromatic N) is 1. The minimum Gasteiger partial charge on any atom is -0.298 e. The van der Waals surface area contributed by atoms with Gasteiger partial charge in [-0.3, -0.25) is 10.1 Å². The number of aromatic nitrogens is 1. The van der Waals surface area contributed by atoms with E-state index in [9.17, 15) is 4.79 Å². The number of hydrogen-bond donors (Lipinski definition) is 1. The Morgan fingerprint density at radius 1 is 1.40 bits per heavy atom. The van der Waals surface area contributed by atoms with Gasteiger partial charge in [-0.05, 0) is 49.4 Å². The maximum atomic E-state index is 12.1. The molecule has 0 bridgehead atoms. The van der Waals surface area contributed by atoms with Crippen LogP contribution in [0.4, 0.5) is 5.13 Å². The number of halogens is 1. The molecule has 1 aliphatic rings. The number of aryl methyl sites for hydroxylation is 1. The van der Waals surface area contributed by atoms with Crippen LogP contribution in [0.25, 0.3) is 0 Å². The zero-order valence-corrected chi connectivity index (χ0v) is 12.7. The van der Waals surface area contributed by atoms with E-state index in [1.54, 1.807) is 35.6 Å². The van der Waals surface area contributed by atoms with Gasteiger partial charge in [0.2, 0.25) is 0 Å². The number of rotatable bonds is 2. The molecule has 0 saturated heterocycles. The van der Waals surface area contributed by atoms with Crippen molar-refractivity contribution in [3.05, 3.63) is 45.4 Å². The van der Waals surface area contributed by atoms with Crippen LogP contribution in [-0.2, 0) is 12.8 Å². The Bertz CT molecular complexity index is 636. The van der Waals surface area contributed by atoms with Gasteiger partial charge in [0, 0.05) is 15.5 Å². The predicted molar refractivity (Wildman–Crippen MR) is 82.7 cm³/mol. The molecule has 0 radical (unpaired) electrons. The number of fused-ring (bicyclic) bond motifs is 1. The molecule has 0 spiro atoms. The molecule has 2 aromatic rings. The number of hydrogen-bond acceptors (Lipinski definition) is 3. The minimum absolute atomic E-state index is 0.138. The van der Waals surface area contributed by atoms with Crippen LogP contribution < -0.4 is 5.32 Å². The first kappa shape index (κ1) is 13.6. The topological polar surface area (TPSA) is 42.0 Å². The van der Waals surface area contributed by atoms with E-state index in [1.807, 2.05) is 0 Å². The molecule has 104 valence electrons. The van der Waals surface area contributed by atoms with Crippen molar-refractivity contribution in [2.45, 2.75) is 26.2 Å². The van der Waals surface area contributed by atoms with Crippen molar-refractivity contribution in [3.8, 4) is 0 Å². The minimum atomic E-state index is -0.138. The number of carbonyl (C=O) groups is 1. The highest BCUT2D eigenvalue weighted by Crippen LogP contribution is 2.32. The van der Waals surface area contributed by atoms with Gasteiger partial charge in [0.1, 0.15) is 0 Å². The fourth-order valence-corrected chi connectivity index (χ4v) is 3.66. The van der Waals surface area contributed by atoms with Crippen molar-refractivity contribution in [1.29, 1.82) is 0 Å². The molecule has 0 unspecified atom stereocenters. The van der Waals surface area contributed by atoms with Crippen LogP contribution in [0.5, 0.6) is 0 Å². The summed E-state index contributed by atoms with van der Waals surface area (Å²) >= 11 is 7.41. The van der Waals surface area contributed by atoms with Crippen LogP contribution in [-0.4, -0.2) is 10.9 Å². The van der Waals surface area contributed by atoms with Crippen LogP contribution in [0.1, 0.15) is 34.3 Å². The maximum Gasteiger partial charge on any atom is 0.257 e. The highest BCUT2D eigenvalue weighted by atomic mass is 35.5. The van der Waals surface area contributed by atoms with Gasteiger partial charge in [-0.1, -0.05) is 18.5 Å². The van der Waals surface area contributed by atoms with Gasteiger partial charge in [-0.25, -0.2) is 4.98 Å². The van der Waals surface area contributed by atoms with E-state index in [4.69, 9.17) is 11.6 Å². The van der Waals surface area contributed by atoms with Crippen molar-refractivity contribution in [1.82, 2.24) is 4.98 Å². The lowest BCUT2D eigenvalue weighted by Crippen LogP contribution is -2.11. The molecule has 1 amide bonds. The van der Waals surface area contributed by atoms with E-state index >= 15 is 0 Å². The quantitative estimate of drug-likeness (QED) is 0.904. The highest BCUT2D eigenvalue weighted by molar-refractivity contribution is 7.15. The van der Waals surface area contributed by atoms with E-state index in [0.29, 0.717) is 21.6 Å². The lowest BCUT2D eigenvalue weighted by atomic mass is 9.93. The van der Waals surface area contributed by atoms with Gasteiger partial charge in [-0.15, -0.1) is 11.3 Å². The molecular formula is C15H15ClN2OS. The number of amides is 1. The van der Waals surface area contributed by atoms with E-state index in [2.05, 4.69) is 17.2 Å². The van der Waals surface area contributed by atoms with E-state index < -0.39 is 0 Å². The van der Waals surface area contributed by atoms with Gasteiger partial charge in [-0.2, -0.15) is 0 Å². The molecular weight excluding hydrogens is 292 g/mol. The summed E-state index contributed by atoms with van der Waals surface area (Å²) in [4.78, 5) is 18.0. The molecule has 5 heteroatoms. The molecule has 1 aromatic carbocycles. The van der Waals surface area contributed by atoms with E-state index in [0.717, 1.165) is 18.5 Å². The van der Waals surface area contributed by atoms with Gasteiger partial charge in [0.05, 0.1) is 5.69 Å². The molecule has 0 saturated carbocycles. The number of anilines is 1. The largest absolute Gasteiger partial charge is 0.298 e. The molecule has 1 N–H and O–H groups in total. The van der Waals surface area contributed by atoms with Crippen molar-refractivity contribution < 1.29 is 4.79 Å². The first-order chi connectivity index (χ1) is 9.61. The Morgan fingerprint density at radius 2 is 2.15 bits per heavy atom. The highest BCUT2D eigenvalue weighted by Gasteiger charge is 2.20. The van der Waals surface area contributed by atoms with Gasteiger partial charge >= 0.3 is 0 Å². The summed E-state index contributed by atoms with van der Waals surface area (Å²) in [5.74, 6) is 0.573. The normalized spacial score (nSPS) is 17.6. The third kappa shape index (κ3) is 2.86. The number of thiazole rings is 1. The first-order valence-electron chi connectivity index (χ1n) is 6.67. The zero-order valence-electron chi connectivity index (χ0n) is 11.1. The fraction of sp³-hybridized carbons (Fsp3) is 0.333. The van der Waals surface area contributed by atoms with Crippen molar-refractivity contribution >= 4 is 34.0 Å². The molecule has 0 fully saturated rings. The summed E-state index contributed by atoms with van der Waals surface area (Å²) in [6.45, 7) is 2.26. The molecule has 1 aromatic heterocycles. The Kier molecular flexibility index (Phi) is 3.76. The van der Waals surface area contributed by atoms with Crippen LogP contribution in [0.3, 0.4) is 0 Å².